The molecule has 0 amide bonds. The molecule has 1 aromatic rings. The van der Waals surface area contributed by atoms with E-state index in [4.69, 9.17) is 21.4 Å². The zero-order chi connectivity index (χ0) is 13.3. The van der Waals surface area contributed by atoms with Crippen molar-refractivity contribution >= 4 is 23.4 Å². The largest absolute Gasteiger partial charge is 0.478 e. The molecule has 1 saturated heterocycles. The first-order valence-electron chi connectivity index (χ1n) is 5.67. The van der Waals surface area contributed by atoms with E-state index < -0.39 is 5.97 Å². The van der Waals surface area contributed by atoms with Gasteiger partial charge >= 0.3 is 5.97 Å². The summed E-state index contributed by atoms with van der Waals surface area (Å²) in [5.41, 5.74) is -0.125. The third-order valence-electron chi connectivity index (χ3n) is 2.78. The average molecular weight is 271 g/mol. The maximum absolute atomic E-state index is 11.0. The zero-order valence-corrected chi connectivity index (χ0v) is 11.1. The Balaban J connectivity index is 2.30. The molecule has 2 heterocycles. The maximum Gasteiger partial charge on any atom is 0.335 e. The highest BCUT2D eigenvalue weighted by molar-refractivity contribution is 6.29. The molecule has 0 aromatic carbocycles. The second kappa shape index (κ2) is 4.74. The second-order valence-electron chi connectivity index (χ2n) is 4.87. The van der Waals surface area contributed by atoms with E-state index in [-0.39, 0.29) is 16.3 Å². The van der Waals surface area contributed by atoms with Crippen molar-refractivity contribution in [3.05, 3.63) is 22.8 Å². The molecule has 0 saturated carbocycles. The Morgan fingerprint density at radius 3 is 2.89 bits per heavy atom. The normalized spacial score (nSPS) is 18.7. The molecule has 0 atom stereocenters. The number of hydrogen-bond donors (Lipinski definition) is 1. The Morgan fingerprint density at radius 1 is 1.56 bits per heavy atom. The van der Waals surface area contributed by atoms with E-state index >= 15 is 0 Å². The molecule has 18 heavy (non-hydrogen) atoms. The van der Waals surface area contributed by atoms with Crippen molar-refractivity contribution in [2.24, 2.45) is 0 Å². The number of aromatic carboxylic acids is 1. The molecule has 1 aromatic heterocycles. The Hall–Kier alpha value is -1.33. The van der Waals surface area contributed by atoms with Crippen LogP contribution in [0.15, 0.2) is 12.1 Å². The Morgan fingerprint density at radius 2 is 2.28 bits per heavy atom. The van der Waals surface area contributed by atoms with Crippen LogP contribution in [0.5, 0.6) is 0 Å². The molecule has 1 fully saturated rings. The number of anilines is 1. The molecular formula is C12H15ClN2O3. The van der Waals surface area contributed by atoms with Crippen LogP contribution in [0, 0.1) is 0 Å². The van der Waals surface area contributed by atoms with Gasteiger partial charge < -0.3 is 14.7 Å². The number of halogens is 1. The number of ether oxygens (including phenoxy) is 1. The summed E-state index contributed by atoms with van der Waals surface area (Å²) in [6.45, 7) is 5.89. The number of nitrogens with zero attached hydrogens (tertiary/aromatic N) is 2. The predicted molar refractivity (Wildman–Crippen MR) is 68.5 cm³/mol. The monoisotopic (exact) mass is 270 g/mol. The molecule has 0 unspecified atom stereocenters. The van der Waals surface area contributed by atoms with Gasteiger partial charge in [0.2, 0.25) is 0 Å². The molecule has 1 aliphatic heterocycles. The molecule has 0 spiro atoms. The van der Waals surface area contributed by atoms with Crippen LogP contribution in [0.4, 0.5) is 5.82 Å². The fraction of sp³-hybridized carbons (Fsp3) is 0.500. The van der Waals surface area contributed by atoms with Gasteiger partial charge in [0.25, 0.3) is 0 Å². The number of aromatic nitrogens is 1. The maximum atomic E-state index is 11.0. The van der Waals surface area contributed by atoms with E-state index in [1.165, 1.54) is 12.1 Å². The van der Waals surface area contributed by atoms with Gasteiger partial charge in [0.15, 0.2) is 0 Å². The summed E-state index contributed by atoms with van der Waals surface area (Å²) in [6, 6.07) is 2.88. The van der Waals surface area contributed by atoms with E-state index in [0.29, 0.717) is 25.5 Å². The summed E-state index contributed by atoms with van der Waals surface area (Å²) in [5, 5.41) is 9.19. The van der Waals surface area contributed by atoms with E-state index in [0.717, 1.165) is 0 Å². The molecule has 5 nitrogen and oxygen atoms in total. The minimum Gasteiger partial charge on any atom is -0.478 e. The van der Waals surface area contributed by atoms with E-state index in [2.05, 4.69) is 4.98 Å². The van der Waals surface area contributed by atoms with Crippen LogP contribution in [0.1, 0.15) is 24.2 Å². The Kier molecular flexibility index (Phi) is 3.45. The molecule has 1 aliphatic rings. The third kappa shape index (κ3) is 2.91. The second-order valence-corrected chi connectivity index (χ2v) is 5.26. The van der Waals surface area contributed by atoms with E-state index in [1.807, 2.05) is 18.7 Å². The number of carboxylic acids is 1. The lowest BCUT2D eigenvalue weighted by Crippen LogP contribution is -2.48. The highest BCUT2D eigenvalue weighted by Crippen LogP contribution is 2.24. The van der Waals surface area contributed by atoms with E-state index in [9.17, 15) is 4.79 Å². The van der Waals surface area contributed by atoms with Crippen molar-refractivity contribution in [3.63, 3.8) is 0 Å². The first-order valence-corrected chi connectivity index (χ1v) is 6.05. The van der Waals surface area contributed by atoms with Crippen LogP contribution < -0.4 is 4.90 Å². The Labute approximate surface area is 110 Å². The summed E-state index contributed by atoms with van der Waals surface area (Å²) in [7, 11) is 0. The van der Waals surface area contributed by atoms with Gasteiger partial charge in [-0.15, -0.1) is 0 Å². The van der Waals surface area contributed by atoms with Crippen molar-refractivity contribution in [2.45, 2.75) is 19.4 Å². The lowest BCUT2D eigenvalue weighted by molar-refractivity contribution is -0.0279. The van der Waals surface area contributed by atoms with Gasteiger partial charge in [0, 0.05) is 13.1 Å². The van der Waals surface area contributed by atoms with Crippen LogP contribution in [-0.4, -0.2) is 41.4 Å². The fourth-order valence-electron chi connectivity index (χ4n) is 1.98. The molecule has 0 radical (unpaired) electrons. The minimum absolute atomic E-state index is 0.147. The zero-order valence-electron chi connectivity index (χ0n) is 10.3. The van der Waals surface area contributed by atoms with Crippen molar-refractivity contribution in [3.8, 4) is 0 Å². The number of carboxylic acid groups (broad SMARTS) is 1. The van der Waals surface area contributed by atoms with Crippen LogP contribution in [0.3, 0.4) is 0 Å². The van der Waals surface area contributed by atoms with Crippen molar-refractivity contribution in [2.75, 3.05) is 24.6 Å². The average Bonchev–Trinajstić information content (AvgIpc) is 2.26. The summed E-state index contributed by atoms with van der Waals surface area (Å²) < 4.78 is 5.61. The molecule has 0 bridgehead atoms. The molecule has 0 aliphatic carbocycles. The fourth-order valence-corrected chi connectivity index (χ4v) is 2.18. The first-order chi connectivity index (χ1) is 8.37. The molecule has 98 valence electrons. The van der Waals surface area contributed by atoms with Crippen molar-refractivity contribution in [1.29, 1.82) is 0 Å². The van der Waals surface area contributed by atoms with Gasteiger partial charge in [-0.2, -0.15) is 0 Å². The smallest absolute Gasteiger partial charge is 0.335 e. The quantitative estimate of drug-likeness (QED) is 0.834. The number of pyridine rings is 1. The van der Waals surface area contributed by atoms with Gasteiger partial charge in [-0.1, -0.05) is 11.6 Å². The van der Waals surface area contributed by atoms with Gasteiger partial charge in [-0.25, -0.2) is 9.78 Å². The van der Waals surface area contributed by atoms with Crippen LogP contribution in [0.2, 0.25) is 5.15 Å². The van der Waals surface area contributed by atoms with Gasteiger partial charge in [-0.05, 0) is 26.0 Å². The first kappa shape index (κ1) is 13.1. The van der Waals surface area contributed by atoms with Gasteiger partial charge in [0.05, 0.1) is 17.8 Å². The van der Waals surface area contributed by atoms with Crippen LogP contribution >= 0.6 is 11.6 Å². The third-order valence-corrected chi connectivity index (χ3v) is 2.97. The number of rotatable bonds is 2. The van der Waals surface area contributed by atoms with Crippen molar-refractivity contribution < 1.29 is 14.6 Å². The SMILES string of the molecule is CC1(C)CN(c2cc(C(=O)O)cc(Cl)n2)CCO1. The van der Waals surface area contributed by atoms with Crippen LogP contribution in [0.25, 0.3) is 0 Å². The van der Waals surface area contributed by atoms with Gasteiger partial charge in [0.1, 0.15) is 11.0 Å². The van der Waals surface area contributed by atoms with Crippen LogP contribution in [-0.2, 0) is 4.74 Å². The summed E-state index contributed by atoms with van der Waals surface area (Å²) in [6.07, 6.45) is 0. The number of morpholine rings is 1. The lowest BCUT2D eigenvalue weighted by Gasteiger charge is -2.38. The number of carbonyl (C=O) groups is 1. The highest BCUT2D eigenvalue weighted by Gasteiger charge is 2.28. The minimum atomic E-state index is -1.01. The summed E-state index contributed by atoms with van der Waals surface area (Å²) in [5.74, 6) is -0.427. The van der Waals surface area contributed by atoms with Crippen molar-refractivity contribution in [1.82, 2.24) is 4.98 Å². The molecule has 6 heteroatoms. The molecule has 2 rings (SSSR count). The summed E-state index contributed by atoms with van der Waals surface area (Å²) in [4.78, 5) is 17.2. The van der Waals surface area contributed by atoms with E-state index in [1.54, 1.807) is 0 Å². The summed E-state index contributed by atoms with van der Waals surface area (Å²) >= 11 is 5.85. The standard InChI is InChI=1S/C12H15ClN2O3/c1-12(2)7-15(3-4-18-12)10-6-8(11(16)17)5-9(13)14-10/h5-6H,3-4,7H2,1-2H3,(H,16,17). The highest BCUT2D eigenvalue weighted by atomic mass is 35.5. The van der Waals surface area contributed by atoms with Gasteiger partial charge in [-0.3, -0.25) is 0 Å². The lowest BCUT2D eigenvalue weighted by atomic mass is 10.1. The number of hydrogen-bond acceptors (Lipinski definition) is 4. The Bertz CT molecular complexity index is 476. The topological polar surface area (TPSA) is 62.7 Å². The predicted octanol–water partition coefficient (Wildman–Crippen LogP) is 2.05. The molecule has 1 N–H and O–H groups in total. The molecular weight excluding hydrogens is 256 g/mol.